The number of hydrogen-bond acceptors (Lipinski definition) is 7. The molecular formula is C24H28N2O7S. The molecule has 9 nitrogen and oxygen atoms in total. The predicted octanol–water partition coefficient (Wildman–Crippen LogP) is 3.07. The summed E-state index contributed by atoms with van der Waals surface area (Å²) in [7, 11) is -0.861. The van der Waals surface area contributed by atoms with Gasteiger partial charge in [0.15, 0.2) is 6.61 Å². The van der Waals surface area contributed by atoms with Crippen LogP contribution in [-0.4, -0.2) is 58.5 Å². The molecule has 10 heteroatoms. The van der Waals surface area contributed by atoms with Crippen molar-refractivity contribution in [1.29, 1.82) is 0 Å². The molecule has 1 amide bonds. The summed E-state index contributed by atoms with van der Waals surface area (Å²) in [6, 6.07) is 11.5. The van der Waals surface area contributed by atoms with Crippen molar-refractivity contribution in [3.8, 4) is 11.5 Å². The van der Waals surface area contributed by atoms with Crippen molar-refractivity contribution in [1.82, 2.24) is 4.31 Å². The van der Waals surface area contributed by atoms with E-state index >= 15 is 0 Å². The molecule has 0 spiro atoms. The Balaban J connectivity index is 1.63. The van der Waals surface area contributed by atoms with E-state index in [-0.39, 0.29) is 16.3 Å². The van der Waals surface area contributed by atoms with Gasteiger partial charge in [-0.1, -0.05) is 24.6 Å². The standard InChI is InChI=1S/C24H28N2O7S/c1-31-20-9-5-4-8-18(20)10-13-24(28)33-17-23(27)25-19-11-12-21(32-2)22(16-19)34(29,30)26-14-6-3-7-15-26/h4-5,8-13,16H,3,6-7,14-15,17H2,1-2H3,(H,25,27)/b13-10+. The van der Waals surface area contributed by atoms with Crippen molar-refractivity contribution >= 4 is 33.7 Å². The molecule has 2 aromatic rings. The van der Waals surface area contributed by atoms with Crippen molar-refractivity contribution in [2.45, 2.75) is 24.2 Å². The Kier molecular flexibility index (Phi) is 8.67. The van der Waals surface area contributed by atoms with Gasteiger partial charge in [-0.2, -0.15) is 4.31 Å². The number of ether oxygens (including phenoxy) is 3. The molecule has 0 aliphatic carbocycles. The van der Waals surface area contributed by atoms with Crippen molar-refractivity contribution in [2.24, 2.45) is 0 Å². The normalized spacial score (nSPS) is 14.5. The Morgan fingerprint density at radius 3 is 2.41 bits per heavy atom. The van der Waals surface area contributed by atoms with E-state index in [9.17, 15) is 18.0 Å². The van der Waals surface area contributed by atoms with E-state index in [1.807, 2.05) is 0 Å². The van der Waals surface area contributed by atoms with E-state index < -0.39 is 28.5 Å². The van der Waals surface area contributed by atoms with Crippen LogP contribution in [0.5, 0.6) is 11.5 Å². The number of amides is 1. The number of anilines is 1. The number of methoxy groups -OCH3 is 2. The Labute approximate surface area is 199 Å². The average Bonchev–Trinajstić information content (AvgIpc) is 2.86. The minimum atomic E-state index is -3.78. The first-order valence-corrected chi connectivity index (χ1v) is 12.2. The zero-order valence-electron chi connectivity index (χ0n) is 19.2. The van der Waals surface area contributed by atoms with Gasteiger partial charge in [0.1, 0.15) is 16.4 Å². The maximum absolute atomic E-state index is 13.1. The molecule has 0 saturated carbocycles. The first-order chi connectivity index (χ1) is 16.3. The van der Waals surface area contributed by atoms with Crippen LogP contribution in [0.4, 0.5) is 5.69 Å². The number of piperidine rings is 1. The third-order valence-corrected chi connectivity index (χ3v) is 7.18. The number of sulfonamides is 1. The highest BCUT2D eigenvalue weighted by molar-refractivity contribution is 7.89. The number of carbonyl (C=O) groups excluding carboxylic acids is 2. The second-order valence-electron chi connectivity index (χ2n) is 7.56. The van der Waals surface area contributed by atoms with E-state index in [1.54, 1.807) is 24.3 Å². The summed E-state index contributed by atoms with van der Waals surface area (Å²) in [4.78, 5) is 24.2. The molecule has 0 atom stereocenters. The van der Waals surface area contributed by atoms with Crippen LogP contribution in [0.25, 0.3) is 6.08 Å². The minimum absolute atomic E-state index is 0.0218. The number of esters is 1. The molecular weight excluding hydrogens is 460 g/mol. The minimum Gasteiger partial charge on any atom is -0.496 e. The molecule has 182 valence electrons. The number of nitrogens with zero attached hydrogens (tertiary/aromatic N) is 1. The van der Waals surface area contributed by atoms with Crippen molar-refractivity contribution < 1.29 is 32.2 Å². The maximum atomic E-state index is 13.1. The summed E-state index contributed by atoms with van der Waals surface area (Å²) >= 11 is 0. The van der Waals surface area contributed by atoms with E-state index in [4.69, 9.17) is 14.2 Å². The third kappa shape index (κ3) is 6.36. The van der Waals surface area contributed by atoms with Gasteiger partial charge in [0.2, 0.25) is 10.0 Å². The molecule has 3 rings (SSSR count). The van der Waals surface area contributed by atoms with E-state index in [0.717, 1.165) is 19.3 Å². The van der Waals surface area contributed by atoms with Crippen LogP contribution in [0.15, 0.2) is 53.4 Å². The fourth-order valence-electron chi connectivity index (χ4n) is 3.54. The van der Waals surface area contributed by atoms with E-state index in [0.29, 0.717) is 24.4 Å². The molecule has 1 heterocycles. The second kappa shape index (κ2) is 11.7. The van der Waals surface area contributed by atoms with Crippen molar-refractivity contribution in [2.75, 3.05) is 39.2 Å². The van der Waals surface area contributed by atoms with Gasteiger partial charge < -0.3 is 19.5 Å². The van der Waals surface area contributed by atoms with Crippen molar-refractivity contribution in [3.05, 3.63) is 54.1 Å². The summed E-state index contributed by atoms with van der Waals surface area (Å²) in [5, 5.41) is 2.56. The zero-order valence-corrected chi connectivity index (χ0v) is 20.0. The van der Waals surface area contributed by atoms with Crippen molar-refractivity contribution in [3.63, 3.8) is 0 Å². The van der Waals surface area contributed by atoms with Crippen LogP contribution in [0.2, 0.25) is 0 Å². The highest BCUT2D eigenvalue weighted by Crippen LogP contribution is 2.31. The number of nitrogens with one attached hydrogen (secondary N) is 1. The number of carbonyl (C=O) groups is 2. The maximum Gasteiger partial charge on any atom is 0.331 e. The van der Waals surface area contributed by atoms with Crippen LogP contribution < -0.4 is 14.8 Å². The molecule has 0 bridgehead atoms. The Hall–Kier alpha value is -3.37. The molecule has 0 radical (unpaired) electrons. The lowest BCUT2D eigenvalue weighted by Crippen LogP contribution is -2.35. The van der Waals surface area contributed by atoms with Gasteiger partial charge in [0.05, 0.1) is 14.2 Å². The molecule has 1 aliphatic rings. The lowest BCUT2D eigenvalue weighted by molar-refractivity contribution is -0.142. The lowest BCUT2D eigenvalue weighted by Gasteiger charge is -2.26. The fourth-order valence-corrected chi connectivity index (χ4v) is 5.24. The van der Waals surface area contributed by atoms with Gasteiger partial charge in [-0.25, -0.2) is 13.2 Å². The second-order valence-corrected chi connectivity index (χ2v) is 9.47. The van der Waals surface area contributed by atoms with Crippen LogP contribution >= 0.6 is 0 Å². The van der Waals surface area contributed by atoms with Crippen LogP contribution in [0.3, 0.4) is 0 Å². The number of rotatable bonds is 9. The van der Waals surface area contributed by atoms with Gasteiger partial charge in [-0.15, -0.1) is 0 Å². The number of hydrogen-bond donors (Lipinski definition) is 1. The molecule has 1 fully saturated rings. The topological polar surface area (TPSA) is 111 Å². The molecule has 1 aliphatic heterocycles. The van der Waals surface area contributed by atoms with Crippen LogP contribution in [0, 0.1) is 0 Å². The Morgan fingerprint density at radius 2 is 1.71 bits per heavy atom. The molecule has 1 N–H and O–H groups in total. The fraction of sp³-hybridized carbons (Fsp3) is 0.333. The quantitative estimate of drug-likeness (QED) is 0.427. The summed E-state index contributed by atoms with van der Waals surface area (Å²) in [6.45, 7) is 0.357. The largest absolute Gasteiger partial charge is 0.496 e. The van der Waals surface area contributed by atoms with Gasteiger partial charge >= 0.3 is 5.97 Å². The summed E-state index contributed by atoms with van der Waals surface area (Å²) in [6.07, 6.45) is 5.32. The van der Waals surface area contributed by atoms with Gasteiger partial charge in [0.25, 0.3) is 5.91 Å². The van der Waals surface area contributed by atoms with Gasteiger partial charge in [-0.05, 0) is 43.2 Å². The SMILES string of the molecule is COc1ccccc1/C=C/C(=O)OCC(=O)Nc1ccc(OC)c(S(=O)(=O)N2CCCCC2)c1. The molecule has 34 heavy (non-hydrogen) atoms. The highest BCUT2D eigenvalue weighted by Gasteiger charge is 2.29. The van der Waals surface area contributed by atoms with E-state index in [2.05, 4.69) is 5.32 Å². The average molecular weight is 489 g/mol. The summed E-state index contributed by atoms with van der Waals surface area (Å²) < 4.78 is 43.1. The van der Waals surface area contributed by atoms with Crippen LogP contribution in [0.1, 0.15) is 24.8 Å². The summed E-state index contributed by atoms with van der Waals surface area (Å²) in [5.74, 6) is -0.523. The predicted molar refractivity (Wildman–Crippen MR) is 127 cm³/mol. The summed E-state index contributed by atoms with van der Waals surface area (Å²) in [5.41, 5.74) is 0.939. The zero-order chi connectivity index (χ0) is 24.6. The molecule has 2 aromatic carbocycles. The van der Waals surface area contributed by atoms with Gasteiger partial charge in [-0.3, -0.25) is 4.79 Å². The monoisotopic (exact) mass is 488 g/mol. The molecule has 0 aromatic heterocycles. The molecule has 1 saturated heterocycles. The number of para-hydroxylation sites is 1. The first kappa shape index (κ1) is 25.3. The van der Waals surface area contributed by atoms with E-state index in [1.165, 1.54) is 48.9 Å². The third-order valence-electron chi connectivity index (χ3n) is 5.26. The molecule has 0 unspecified atom stereocenters. The highest BCUT2D eigenvalue weighted by atomic mass is 32.2. The Morgan fingerprint density at radius 1 is 1.00 bits per heavy atom. The van der Waals surface area contributed by atoms with Crippen LogP contribution in [-0.2, 0) is 24.3 Å². The lowest BCUT2D eigenvalue weighted by atomic mass is 10.2. The number of benzene rings is 2. The first-order valence-electron chi connectivity index (χ1n) is 10.8. The Bertz CT molecular complexity index is 1160. The smallest absolute Gasteiger partial charge is 0.331 e. The van der Waals surface area contributed by atoms with Gasteiger partial charge in [0, 0.05) is 30.4 Å².